The Morgan fingerprint density at radius 1 is 1.36 bits per heavy atom. The molecule has 122 valence electrons. The maximum absolute atomic E-state index is 12.5. The molecule has 1 aliphatic rings. The molecule has 1 aromatic carbocycles. The van der Waals surface area contributed by atoms with Crippen LogP contribution in [0.3, 0.4) is 0 Å². The third-order valence-electron chi connectivity index (χ3n) is 3.49. The predicted molar refractivity (Wildman–Crippen MR) is 81.7 cm³/mol. The van der Waals surface area contributed by atoms with Gasteiger partial charge in [0.05, 0.1) is 38.0 Å². The number of sulfonamides is 1. The summed E-state index contributed by atoms with van der Waals surface area (Å²) in [5.74, 6) is -0.731. The number of hydrogen-bond donors (Lipinski definition) is 0. The zero-order valence-corrected chi connectivity index (χ0v) is 13.4. The van der Waals surface area contributed by atoms with Gasteiger partial charge in [-0.2, -0.15) is 4.31 Å². The van der Waals surface area contributed by atoms with Gasteiger partial charge < -0.3 is 9.47 Å². The molecule has 0 aliphatic carbocycles. The first-order chi connectivity index (χ1) is 10.5. The average Bonchev–Trinajstić information content (AvgIpc) is 2.54. The fourth-order valence-electron chi connectivity index (χ4n) is 2.42. The van der Waals surface area contributed by atoms with E-state index >= 15 is 0 Å². The molecule has 1 aromatic rings. The van der Waals surface area contributed by atoms with Crippen molar-refractivity contribution >= 4 is 16.0 Å². The van der Waals surface area contributed by atoms with E-state index < -0.39 is 16.0 Å². The van der Waals surface area contributed by atoms with Crippen LogP contribution < -0.4 is 0 Å². The Kier molecular flexibility index (Phi) is 5.93. The molecule has 0 radical (unpaired) electrons. The molecule has 1 atom stereocenters. The van der Waals surface area contributed by atoms with E-state index in [2.05, 4.69) is 0 Å². The highest BCUT2D eigenvalue weighted by Crippen LogP contribution is 2.27. The van der Waals surface area contributed by atoms with Crippen molar-refractivity contribution in [2.24, 2.45) is 0 Å². The van der Waals surface area contributed by atoms with Crippen molar-refractivity contribution in [2.75, 3.05) is 32.1 Å². The van der Waals surface area contributed by atoms with E-state index in [1.54, 1.807) is 6.92 Å². The van der Waals surface area contributed by atoms with Crippen LogP contribution >= 0.6 is 0 Å². The standard InChI is InChI=1S/C15H21NO5S/c1-2-21-15(17)8-11-22(18,19)16-9-10-20-12-14(16)13-6-4-3-5-7-13/h3-7,14H,2,8-12H2,1H3/t14-/m1/s1. The average molecular weight is 327 g/mol. The minimum atomic E-state index is -3.54. The zero-order chi connectivity index (χ0) is 16.0. The normalized spacial score (nSPS) is 19.8. The first-order valence-corrected chi connectivity index (χ1v) is 8.93. The van der Waals surface area contributed by atoms with Crippen LogP contribution in [-0.2, 0) is 24.3 Å². The van der Waals surface area contributed by atoms with E-state index in [1.807, 2.05) is 30.3 Å². The molecule has 0 aromatic heterocycles. The maximum atomic E-state index is 12.5. The lowest BCUT2D eigenvalue weighted by Crippen LogP contribution is -2.44. The Bertz CT molecular complexity index is 587. The van der Waals surface area contributed by atoms with Crippen LogP contribution in [0.25, 0.3) is 0 Å². The minimum absolute atomic E-state index is 0.130. The summed E-state index contributed by atoms with van der Waals surface area (Å²) < 4.78 is 36.7. The lowest BCUT2D eigenvalue weighted by molar-refractivity contribution is -0.142. The number of carbonyl (C=O) groups excluding carboxylic acids is 1. The summed E-state index contributed by atoms with van der Waals surface area (Å²) in [7, 11) is -3.54. The Morgan fingerprint density at radius 2 is 2.09 bits per heavy atom. The van der Waals surface area contributed by atoms with Crippen molar-refractivity contribution < 1.29 is 22.7 Å². The molecule has 1 heterocycles. The van der Waals surface area contributed by atoms with Gasteiger partial charge in [-0.25, -0.2) is 8.42 Å². The SMILES string of the molecule is CCOC(=O)CCS(=O)(=O)N1CCOC[C@@H]1c1ccccc1. The van der Waals surface area contributed by atoms with Crippen LogP contribution in [0.1, 0.15) is 24.9 Å². The number of carbonyl (C=O) groups is 1. The van der Waals surface area contributed by atoms with E-state index in [1.165, 1.54) is 4.31 Å². The predicted octanol–water partition coefficient (Wildman–Crippen LogP) is 1.34. The first kappa shape index (κ1) is 16.9. The van der Waals surface area contributed by atoms with Gasteiger partial charge in [-0.15, -0.1) is 0 Å². The zero-order valence-electron chi connectivity index (χ0n) is 12.6. The largest absolute Gasteiger partial charge is 0.466 e. The number of esters is 1. The van der Waals surface area contributed by atoms with Gasteiger partial charge in [0.2, 0.25) is 10.0 Å². The van der Waals surface area contributed by atoms with Crippen molar-refractivity contribution in [1.29, 1.82) is 0 Å². The van der Waals surface area contributed by atoms with E-state index in [4.69, 9.17) is 9.47 Å². The Morgan fingerprint density at radius 3 is 2.77 bits per heavy atom. The summed E-state index contributed by atoms with van der Waals surface area (Å²) in [4.78, 5) is 11.4. The second-order valence-corrected chi connectivity index (χ2v) is 7.02. The molecule has 0 saturated carbocycles. The van der Waals surface area contributed by atoms with Crippen LogP contribution in [0.4, 0.5) is 0 Å². The van der Waals surface area contributed by atoms with Gasteiger partial charge in [-0.1, -0.05) is 30.3 Å². The number of benzene rings is 1. The van der Waals surface area contributed by atoms with Crippen molar-refractivity contribution in [1.82, 2.24) is 4.31 Å². The number of ether oxygens (including phenoxy) is 2. The summed E-state index contributed by atoms with van der Waals surface area (Å²) >= 11 is 0. The summed E-state index contributed by atoms with van der Waals surface area (Å²) in [5.41, 5.74) is 0.891. The van der Waals surface area contributed by atoms with Gasteiger partial charge in [0.15, 0.2) is 0 Å². The molecule has 2 rings (SSSR count). The molecule has 1 aliphatic heterocycles. The number of rotatable bonds is 6. The van der Waals surface area contributed by atoms with Crippen LogP contribution in [0, 0.1) is 0 Å². The second kappa shape index (κ2) is 7.71. The Labute approximate surface area is 131 Å². The van der Waals surface area contributed by atoms with Gasteiger partial charge in [-0.3, -0.25) is 4.79 Å². The molecule has 1 saturated heterocycles. The molecule has 6 nitrogen and oxygen atoms in total. The quantitative estimate of drug-likeness (QED) is 0.737. The molecule has 0 N–H and O–H groups in total. The molecule has 0 spiro atoms. The molecule has 0 bridgehead atoms. The monoisotopic (exact) mass is 327 g/mol. The molecule has 0 unspecified atom stereocenters. The van der Waals surface area contributed by atoms with Crippen molar-refractivity contribution in [3.63, 3.8) is 0 Å². The number of hydrogen-bond acceptors (Lipinski definition) is 5. The van der Waals surface area contributed by atoms with Gasteiger partial charge in [-0.05, 0) is 12.5 Å². The molecule has 1 fully saturated rings. The highest BCUT2D eigenvalue weighted by atomic mass is 32.2. The molecular weight excluding hydrogens is 306 g/mol. The van der Waals surface area contributed by atoms with Crippen molar-refractivity contribution in [3.05, 3.63) is 35.9 Å². The minimum Gasteiger partial charge on any atom is -0.466 e. The second-order valence-electron chi connectivity index (χ2n) is 4.98. The lowest BCUT2D eigenvalue weighted by atomic mass is 10.1. The van der Waals surface area contributed by atoms with Gasteiger partial charge in [0.25, 0.3) is 0 Å². The highest BCUT2D eigenvalue weighted by Gasteiger charge is 2.34. The van der Waals surface area contributed by atoms with E-state index in [0.29, 0.717) is 19.8 Å². The fourth-order valence-corrected chi connectivity index (χ4v) is 4.00. The van der Waals surface area contributed by atoms with E-state index in [-0.39, 0.29) is 24.8 Å². The summed E-state index contributed by atoms with van der Waals surface area (Å²) in [6.07, 6.45) is -0.130. The number of nitrogens with zero attached hydrogens (tertiary/aromatic N) is 1. The molecule has 7 heteroatoms. The Hall–Kier alpha value is -1.44. The van der Waals surface area contributed by atoms with Gasteiger partial charge in [0, 0.05) is 6.54 Å². The van der Waals surface area contributed by atoms with E-state index in [9.17, 15) is 13.2 Å². The van der Waals surface area contributed by atoms with Crippen molar-refractivity contribution in [2.45, 2.75) is 19.4 Å². The van der Waals surface area contributed by atoms with Gasteiger partial charge >= 0.3 is 5.97 Å². The molecule has 0 amide bonds. The maximum Gasteiger partial charge on any atom is 0.306 e. The van der Waals surface area contributed by atoms with E-state index in [0.717, 1.165) is 5.56 Å². The molecule has 22 heavy (non-hydrogen) atoms. The van der Waals surface area contributed by atoms with Crippen LogP contribution in [0.2, 0.25) is 0 Å². The fraction of sp³-hybridized carbons (Fsp3) is 0.533. The third kappa shape index (κ3) is 4.28. The van der Waals surface area contributed by atoms with Crippen LogP contribution in [0.15, 0.2) is 30.3 Å². The lowest BCUT2D eigenvalue weighted by Gasteiger charge is -2.34. The summed E-state index contributed by atoms with van der Waals surface area (Å²) in [6, 6.07) is 9.04. The van der Waals surface area contributed by atoms with Crippen LogP contribution in [0.5, 0.6) is 0 Å². The summed E-state index contributed by atoms with van der Waals surface area (Å²) in [6.45, 7) is 2.93. The summed E-state index contributed by atoms with van der Waals surface area (Å²) in [5, 5.41) is 0. The van der Waals surface area contributed by atoms with Gasteiger partial charge in [0.1, 0.15) is 0 Å². The Balaban J connectivity index is 2.11. The highest BCUT2D eigenvalue weighted by molar-refractivity contribution is 7.89. The first-order valence-electron chi connectivity index (χ1n) is 7.32. The topological polar surface area (TPSA) is 72.9 Å². The third-order valence-corrected chi connectivity index (χ3v) is 5.36. The number of morpholine rings is 1. The van der Waals surface area contributed by atoms with Crippen LogP contribution in [-0.4, -0.2) is 50.8 Å². The molecular formula is C15H21NO5S. The van der Waals surface area contributed by atoms with Crippen molar-refractivity contribution in [3.8, 4) is 0 Å². The smallest absolute Gasteiger partial charge is 0.306 e.